The summed E-state index contributed by atoms with van der Waals surface area (Å²) in [5, 5.41) is 5.51. The highest BCUT2D eigenvalue weighted by Gasteiger charge is 2.26. The summed E-state index contributed by atoms with van der Waals surface area (Å²) in [7, 11) is -2.67. The number of nitrogens with two attached hydrogens (primary N) is 2. The Balaban J connectivity index is 0.000000221. The molecule has 6 N–H and O–H groups in total. The van der Waals surface area contributed by atoms with E-state index >= 15 is 0 Å². The van der Waals surface area contributed by atoms with E-state index in [9.17, 15) is 26.4 Å². The Morgan fingerprint density at radius 1 is 0.592 bits per heavy atom. The second kappa shape index (κ2) is 26.9. The van der Waals surface area contributed by atoms with Gasteiger partial charge in [0.05, 0.1) is 45.1 Å². The third-order valence-corrected chi connectivity index (χ3v) is 17.5. The van der Waals surface area contributed by atoms with Crippen LogP contribution in [0.4, 0.5) is 23.0 Å². The van der Waals surface area contributed by atoms with Gasteiger partial charge >= 0.3 is 0 Å². The molecule has 0 saturated carbocycles. The standard InChI is InChI=1S/2C28H36N6O3S/c1-33(2)15-12-21-13-16-34(17-14-21)18-19-38(36,37)24-10-8-22(9-11-24)25-20-30-27(29)26(32-25)28(35)31-23-6-4-3-5-7-23;1-3-34(4-2)23-14-16-33(17-15-23)18-19-38(36,37)24-12-10-21(11-13-24)25-20-30-27(29)26(32-25)28(35)31-22-8-6-5-7-9-22/h3-11,20-21H,12-19H2,1-2H3,(H2,29,30)(H,31,35);5-13,20,23H,3-4,14-19H2,1-2H3,(H2,29,30)(H,31,35). The molecule has 18 nitrogen and oxygen atoms in total. The molecule has 4 heterocycles. The number of piperidine rings is 2. The number of carbonyl (C=O) groups excluding carboxylic acids is 2. The van der Waals surface area contributed by atoms with Crippen molar-refractivity contribution in [3.8, 4) is 22.5 Å². The Labute approximate surface area is 448 Å². The fourth-order valence-corrected chi connectivity index (χ4v) is 12.0. The Kier molecular flexibility index (Phi) is 20.2. The summed E-state index contributed by atoms with van der Waals surface area (Å²) in [6.07, 6.45) is 8.53. The number of hydrogen-bond donors (Lipinski definition) is 4. The second-order valence-electron chi connectivity index (χ2n) is 19.5. The Morgan fingerprint density at radius 2 is 0.987 bits per heavy atom. The molecule has 404 valence electrons. The normalized spacial score (nSPS) is 15.0. The van der Waals surface area contributed by atoms with E-state index in [0.29, 0.717) is 53.0 Å². The van der Waals surface area contributed by atoms with Crippen LogP contribution in [0, 0.1) is 5.92 Å². The van der Waals surface area contributed by atoms with Gasteiger partial charge in [0.15, 0.2) is 42.7 Å². The maximum Gasteiger partial charge on any atom is 0.278 e. The lowest BCUT2D eigenvalue weighted by molar-refractivity contribution is 0.101. The molecule has 2 aromatic heterocycles. The van der Waals surface area contributed by atoms with Gasteiger partial charge in [-0.15, -0.1) is 0 Å². The van der Waals surface area contributed by atoms with Gasteiger partial charge in [0.25, 0.3) is 11.8 Å². The van der Waals surface area contributed by atoms with Gasteiger partial charge in [-0.25, -0.2) is 36.8 Å². The number of likely N-dealkylation sites (tertiary alicyclic amines) is 2. The minimum Gasteiger partial charge on any atom is -0.382 e. The van der Waals surface area contributed by atoms with Crippen LogP contribution in [0.5, 0.6) is 0 Å². The molecule has 20 heteroatoms. The maximum absolute atomic E-state index is 13.0. The van der Waals surface area contributed by atoms with Gasteiger partial charge < -0.3 is 41.7 Å². The molecule has 0 atom stereocenters. The van der Waals surface area contributed by atoms with Crippen LogP contribution < -0.4 is 22.1 Å². The molecule has 0 spiro atoms. The van der Waals surface area contributed by atoms with Crippen molar-refractivity contribution in [2.24, 2.45) is 5.92 Å². The first-order valence-corrected chi connectivity index (χ1v) is 29.3. The molecule has 0 aliphatic carbocycles. The predicted octanol–water partition coefficient (Wildman–Crippen LogP) is 6.97. The number of amides is 2. The molecule has 8 rings (SSSR count). The zero-order valence-electron chi connectivity index (χ0n) is 44.0. The van der Waals surface area contributed by atoms with Crippen molar-refractivity contribution in [1.82, 2.24) is 39.5 Å². The van der Waals surface area contributed by atoms with Crippen LogP contribution in [-0.2, 0) is 19.7 Å². The Hall–Kier alpha value is -6.68. The summed E-state index contributed by atoms with van der Waals surface area (Å²) >= 11 is 0. The van der Waals surface area contributed by atoms with Crippen molar-refractivity contribution in [2.45, 2.75) is 61.8 Å². The first-order chi connectivity index (χ1) is 36.5. The topological polar surface area (TPSA) is 243 Å². The van der Waals surface area contributed by atoms with Crippen LogP contribution in [0.25, 0.3) is 22.5 Å². The van der Waals surface area contributed by atoms with Gasteiger partial charge in [-0.05, 0) is 146 Å². The smallest absolute Gasteiger partial charge is 0.278 e. The lowest BCUT2D eigenvalue weighted by Crippen LogP contribution is -2.45. The van der Waals surface area contributed by atoms with E-state index < -0.39 is 31.5 Å². The summed E-state index contributed by atoms with van der Waals surface area (Å²) in [5.41, 5.74) is 15.2. The number of aromatic nitrogens is 4. The molecule has 2 saturated heterocycles. The molecule has 0 unspecified atom stereocenters. The first kappa shape index (κ1) is 57.0. The lowest BCUT2D eigenvalue weighted by Gasteiger charge is -2.37. The number of nitrogens with one attached hydrogen (secondary N) is 2. The monoisotopic (exact) mass is 1070 g/mol. The average Bonchev–Trinajstić information content (AvgIpc) is 3.43. The highest BCUT2D eigenvalue weighted by Crippen LogP contribution is 2.26. The zero-order valence-corrected chi connectivity index (χ0v) is 45.6. The number of benzene rings is 4. The highest BCUT2D eigenvalue weighted by atomic mass is 32.2. The summed E-state index contributed by atoms with van der Waals surface area (Å²) in [6.45, 7) is 12.4. The Morgan fingerprint density at radius 3 is 1.37 bits per heavy atom. The molecule has 0 radical (unpaired) electrons. The number of rotatable bonds is 20. The molecule has 2 aliphatic heterocycles. The summed E-state index contributed by atoms with van der Waals surface area (Å²) < 4.78 is 52.0. The van der Waals surface area contributed by atoms with Gasteiger partial charge in [0.2, 0.25) is 0 Å². The van der Waals surface area contributed by atoms with Gasteiger partial charge in [-0.2, -0.15) is 0 Å². The van der Waals surface area contributed by atoms with Gasteiger partial charge in [0.1, 0.15) is 0 Å². The number of hydrogen-bond acceptors (Lipinski definition) is 16. The van der Waals surface area contributed by atoms with E-state index in [1.807, 2.05) is 36.4 Å². The number of nitrogens with zero attached hydrogens (tertiary/aromatic N) is 8. The molecule has 4 aromatic carbocycles. The molecular weight excluding hydrogens is 1000 g/mol. The quantitative estimate of drug-likeness (QED) is 0.0603. The molecule has 2 amide bonds. The predicted molar refractivity (Wildman–Crippen MR) is 301 cm³/mol. The molecule has 6 aromatic rings. The fraction of sp³-hybridized carbons (Fsp3) is 0.393. The van der Waals surface area contributed by atoms with Crippen molar-refractivity contribution in [2.75, 3.05) is 107 Å². The van der Waals surface area contributed by atoms with Crippen LogP contribution in [0.15, 0.2) is 131 Å². The highest BCUT2D eigenvalue weighted by molar-refractivity contribution is 7.91. The molecule has 2 aliphatic rings. The number of nitrogen functional groups attached to an aromatic ring is 2. The molecule has 76 heavy (non-hydrogen) atoms. The SMILES string of the molecule is CCN(CC)C1CCN(CCS(=O)(=O)c2ccc(-c3cnc(N)c(C(=O)Nc4ccccc4)n3)cc2)CC1.CN(C)CCC1CCN(CCS(=O)(=O)c2ccc(-c3cnc(N)c(C(=O)Nc4ccccc4)n3)cc2)CC1. The van der Waals surface area contributed by atoms with E-state index in [-0.39, 0.29) is 44.3 Å². The maximum atomic E-state index is 13.0. The lowest BCUT2D eigenvalue weighted by atomic mass is 9.93. The fourth-order valence-electron chi connectivity index (χ4n) is 9.42. The van der Waals surface area contributed by atoms with Gasteiger partial charge in [-0.3, -0.25) is 9.59 Å². The molecular formula is C56H72N12O6S2. The van der Waals surface area contributed by atoms with E-state index in [1.54, 1.807) is 72.8 Å². The minimum atomic E-state index is -3.43. The number of anilines is 4. The van der Waals surface area contributed by atoms with Crippen LogP contribution in [0.1, 0.15) is 66.9 Å². The van der Waals surface area contributed by atoms with Crippen LogP contribution in [0.2, 0.25) is 0 Å². The van der Waals surface area contributed by atoms with E-state index in [4.69, 9.17) is 11.5 Å². The summed E-state index contributed by atoms with van der Waals surface area (Å²) in [6, 6.07) is 31.7. The zero-order chi connectivity index (χ0) is 54.2. The van der Waals surface area contributed by atoms with Crippen LogP contribution >= 0.6 is 0 Å². The van der Waals surface area contributed by atoms with Crippen molar-refractivity contribution in [3.63, 3.8) is 0 Å². The van der Waals surface area contributed by atoms with E-state index in [0.717, 1.165) is 77.4 Å². The van der Waals surface area contributed by atoms with Gasteiger partial charge in [0, 0.05) is 41.6 Å². The van der Waals surface area contributed by atoms with Crippen molar-refractivity contribution in [1.29, 1.82) is 0 Å². The number of sulfone groups is 2. The minimum absolute atomic E-state index is 0.00724. The van der Waals surface area contributed by atoms with Crippen LogP contribution in [0.3, 0.4) is 0 Å². The van der Waals surface area contributed by atoms with Crippen molar-refractivity contribution < 1.29 is 26.4 Å². The summed E-state index contributed by atoms with van der Waals surface area (Å²) in [5.74, 6) is -0.0225. The third-order valence-electron chi connectivity index (χ3n) is 14.0. The third kappa shape index (κ3) is 15.9. The average molecular weight is 1070 g/mol. The molecule has 0 bridgehead atoms. The van der Waals surface area contributed by atoms with Crippen molar-refractivity contribution >= 4 is 54.5 Å². The number of para-hydroxylation sites is 2. The summed E-state index contributed by atoms with van der Waals surface area (Å²) in [4.78, 5) is 52.2. The van der Waals surface area contributed by atoms with Crippen molar-refractivity contribution in [3.05, 3.63) is 133 Å². The largest absolute Gasteiger partial charge is 0.382 e. The van der Waals surface area contributed by atoms with Gasteiger partial charge in [-0.1, -0.05) is 74.5 Å². The number of carbonyl (C=O) groups is 2. The van der Waals surface area contributed by atoms with E-state index in [2.05, 4.69) is 78.1 Å². The second-order valence-corrected chi connectivity index (χ2v) is 23.7. The molecule has 2 fully saturated rings. The first-order valence-electron chi connectivity index (χ1n) is 26.0. The Bertz CT molecular complexity index is 3060. The van der Waals surface area contributed by atoms with Crippen LogP contribution in [-0.4, -0.2) is 159 Å². The van der Waals surface area contributed by atoms with E-state index in [1.165, 1.54) is 18.8 Å².